The van der Waals surface area contributed by atoms with Crippen LogP contribution >= 0.6 is 22.9 Å². The minimum Gasteiger partial charge on any atom is -0.768 e. The molecule has 33 heavy (non-hydrogen) atoms. The van der Waals surface area contributed by atoms with Crippen LogP contribution in [0.15, 0.2) is 89.3 Å². The number of nitrogen functional groups attached to an aromatic ring is 1. The third-order valence-corrected chi connectivity index (χ3v) is 5.70. The summed E-state index contributed by atoms with van der Waals surface area (Å²) in [5.41, 5.74) is 7.62. The highest BCUT2D eigenvalue weighted by Crippen LogP contribution is 2.22. The van der Waals surface area contributed by atoms with Gasteiger partial charge < -0.3 is 20.3 Å². The highest BCUT2D eigenvalue weighted by Gasteiger charge is 2.05. The van der Waals surface area contributed by atoms with Crippen molar-refractivity contribution in [1.29, 1.82) is 0 Å². The molecule has 1 unspecified atom stereocenters. The van der Waals surface area contributed by atoms with Gasteiger partial charge in [0, 0.05) is 30.0 Å². The molecule has 3 aromatic carbocycles. The monoisotopic (exact) mass is 504 g/mol. The van der Waals surface area contributed by atoms with Crippen molar-refractivity contribution in [2.45, 2.75) is 4.90 Å². The number of thiazole rings is 1. The molecule has 1 amide bonds. The minimum atomic E-state index is -2.24. The highest BCUT2D eigenvalue weighted by molar-refractivity contribution is 7.79. The summed E-state index contributed by atoms with van der Waals surface area (Å²) in [6, 6.07) is 20.6. The third-order valence-electron chi connectivity index (χ3n) is 4.18. The number of ether oxygens (including phenoxy) is 1. The molecule has 4 aromatic rings. The number of nitrogens with one attached hydrogen (secondary N) is 1. The Kier molecular flexibility index (Phi) is 8.96. The van der Waals surface area contributed by atoms with Crippen LogP contribution in [0.4, 0.5) is 10.8 Å². The second-order valence-corrected chi connectivity index (χ2v) is 8.80. The van der Waals surface area contributed by atoms with Gasteiger partial charge in [-0.2, -0.15) is 0 Å². The van der Waals surface area contributed by atoms with Crippen LogP contribution in [-0.2, 0) is 15.9 Å². The maximum Gasteiger partial charge on any atom is 0.262 e. The minimum absolute atomic E-state index is 0. The van der Waals surface area contributed by atoms with Crippen molar-refractivity contribution in [3.05, 3.63) is 89.4 Å². The van der Waals surface area contributed by atoms with Crippen molar-refractivity contribution in [3.63, 3.8) is 0 Å². The second kappa shape index (κ2) is 12.1. The van der Waals surface area contributed by atoms with E-state index in [-0.39, 0.29) is 20.3 Å². The summed E-state index contributed by atoms with van der Waals surface area (Å²) < 4.78 is 27.2. The van der Waals surface area contributed by atoms with E-state index in [0.29, 0.717) is 21.6 Å². The molecule has 0 bridgehead atoms. The quantitative estimate of drug-likeness (QED) is 0.336. The Bertz CT molecular complexity index is 1200. The molecule has 10 heteroatoms. The van der Waals surface area contributed by atoms with E-state index in [1.54, 1.807) is 66.9 Å². The van der Waals surface area contributed by atoms with Gasteiger partial charge in [-0.05, 0) is 70.7 Å². The first-order valence-corrected chi connectivity index (χ1v) is 11.9. The van der Waals surface area contributed by atoms with Gasteiger partial charge in [0.05, 0.1) is 0 Å². The van der Waals surface area contributed by atoms with Gasteiger partial charge >= 0.3 is 0 Å². The van der Waals surface area contributed by atoms with Crippen molar-refractivity contribution in [1.82, 2.24) is 4.98 Å². The molecule has 7 nitrogen and oxygen atoms in total. The van der Waals surface area contributed by atoms with Gasteiger partial charge in [0.15, 0.2) is 11.7 Å². The molecule has 0 aliphatic carbocycles. The summed E-state index contributed by atoms with van der Waals surface area (Å²) in [7, 11) is 0. The number of aromatic nitrogens is 1. The number of nitrogens with zero attached hydrogens (tertiary/aromatic N) is 1. The summed E-state index contributed by atoms with van der Waals surface area (Å²) in [6.07, 6.45) is 1.68. The fraction of sp³-hybridized carbons (Fsp3) is 0.0435. The molecular formula is C23H23ClN3O4S2-. The number of carbonyl (C=O) groups is 1. The first-order chi connectivity index (χ1) is 15.9. The van der Waals surface area contributed by atoms with Gasteiger partial charge in [-0.25, -0.2) is 4.98 Å². The van der Waals surface area contributed by atoms with E-state index in [1.165, 1.54) is 11.3 Å². The largest absolute Gasteiger partial charge is 0.768 e. The number of amides is 1. The molecule has 0 fully saturated rings. The lowest BCUT2D eigenvalue weighted by atomic mass is 10.1. The molecule has 0 saturated carbocycles. The molecule has 1 atom stereocenters. The van der Waals surface area contributed by atoms with E-state index in [2.05, 4.69) is 10.3 Å². The lowest BCUT2D eigenvalue weighted by Gasteiger charge is -2.09. The molecule has 4 rings (SSSR count). The highest BCUT2D eigenvalue weighted by atomic mass is 35.5. The average molecular weight is 505 g/mol. The molecular weight excluding hydrogens is 482 g/mol. The zero-order valence-corrected chi connectivity index (χ0v) is 19.5. The number of rotatable bonds is 6. The Morgan fingerprint density at radius 1 is 1.06 bits per heavy atom. The van der Waals surface area contributed by atoms with Crippen LogP contribution in [-0.4, -0.2) is 26.3 Å². The first kappa shape index (κ1) is 24.4. The van der Waals surface area contributed by atoms with E-state index in [4.69, 9.17) is 22.1 Å². The van der Waals surface area contributed by atoms with E-state index >= 15 is 0 Å². The zero-order valence-electron chi connectivity index (χ0n) is 17.1. The van der Waals surface area contributed by atoms with Gasteiger partial charge in [0.2, 0.25) is 0 Å². The lowest BCUT2D eigenvalue weighted by Crippen LogP contribution is -2.20. The standard InChI is InChI=1S/C20H16ClNO4S.C3H4N2S.2H2/c21-16-5-9-18(10-6-16)26-13-20(23)22-17-7-1-14(2-8-17)15-3-11-19(12-4-15)27(24)25;4-3-5-1-2-6-3;;/h1-12H,13H2,(H,22,23)(H,24,25);1-2H,(H2,4,5);2*1H/p-1. The Morgan fingerprint density at radius 3 is 2.15 bits per heavy atom. The van der Waals surface area contributed by atoms with E-state index in [9.17, 15) is 13.6 Å². The topological polar surface area (TPSA) is 117 Å². The normalized spacial score (nSPS) is 11.1. The van der Waals surface area contributed by atoms with Gasteiger partial charge in [0.1, 0.15) is 5.75 Å². The zero-order chi connectivity index (χ0) is 23.6. The van der Waals surface area contributed by atoms with Gasteiger partial charge in [-0.1, -0.05) is 35.9 Å². The molecule has 3 N–H and O–H groups in total. The summed E-state index contributed by atoms with van der Waals surface area (Å²) in [4.78, 5) is 15.9. The van der Waals surface area contributed by atoms with Crippen LogP contribution in [0.1, 0.15) is 2.85 Å². The van der Waals surface area contributed by atoms with E-state index < -0.39 is 11.1 Å². The number of hydrogen-bond acceptors (Lipinski definition) is 7. The fourth-order valence-corrected chi connectivity index (χ4v) is 3.48. The van der Waals surface area contributed by atoms with Gasteiger partial charge in [-0.15, -0.1) is 11.3 Å². The molecule has 0 saturated heterocycles. The van der Waals surface area contributed by atoms with Crippen LogP contribution in [0.3, 0.4) is 0 Å². The molecule has 174 valence electrons. The predicted octanol–water partition coefficient (Wildman–Crippen LogP) is 5.48. The number of nitrogens with two attached hydrogens (primary N) is 1. The molecule has 0 aliphatic rings. The van der Waals surface area contributed by atoms with Crippen LogP contribution < -0.4 is 15.8 Å². The molecule has 0 spiro atoms. The van der Waals surface area contributed by atoms with Crippen molar-refractivity contribution in [2.75, 3.05) is 17.7 Å². The van der Waals surface area contributed by atoms with Crippen molar-refractivity contribution in [2.24, 2.45) is 0 Å². The van der Waals surface area contributed by atoms with Crippen LogP contribution in [0, 0.1) is 0 Å². The predicted molar refractivity (Wildman–Crippen MR) is 135 cm³/mol. The number of benzene rings is 3. The fourth-order valence-electron chi connectivity index (χ4n) is 2.62. The summed E-state index contributed by atoms with van der Waals surface area (Å²) >= 11 is 5.01. The number of carbonyl (C=O) groups excluding carboxylic acids is 1. The van der Waals surface area contributed by atoms with Crippen molar-refractivity contribution in [3.8, 4) is 16.9 Å². The molecule has 0 aliphatic heterocycles. The SMILES string of the molecule is Nc1nccs1.O=C(COc1ccc(Cl)cc1)Nc1ccc(-c2ccc(S(=O)[O-])cc2)cc1.[HH].[HH]. The van der Waals surface area contributed by atoms with Crippen LogP contribution in [0.25, 0.3) is 11.1 Å². The smallest absolute Gasteiger partial charge is 0.262 e. The molecule has 0 radical (unpaired) electrons. The van der Waals surface area contributed by atoms with Gasteiger partial charge in [-0.3, -0.25) is 9.00 Å². The number of hydrogen-bond donors (Lipinski definition) is 2. The van der Waals surface area contributed by atoms with Crippen molar-refractivity contribution >= 4 is 50.7 Å². The number of halogens is 1. The number of anilines is 2. The summed E-state index contributed by atoms with van der Waals surface area (Å²) in [5, 5.41) is 5.83. The van der Waals surface area contributed by atoms with Crippen LogP contribution in [0.2, 0.25) is 5.02 Å². The summed E-state index contributed by atoms with van der Waals surface area (Å²) in [6.45, 7) is -0.114. The lowest BCUT2D eigenvalue weighted by molar-refractivity contribution is -0.118. The Morgan fingerprint density at radius 2 is 1.67 bits per heavy atom. The maximum atomic E-state index is 12.0. The maximum absolute atomic E-state index is 12.0. The Balaban J connectivity index is 0.000000671. The summed E-state index contributed by atoms with van der Waals surface area (Å²) in [5.74, 6) is 0.285. The van der Waals surface area contributed by atoms with Crippen molar-refractivity contribution < 1.29 is 21.1 Å². The van der Waals surface area contributed by atoms with Crippen LogP contribution in [0.5, 0.6) is 5.75 Å². The third kappa shape index (κ3) is 7.99. The second-order valence-electron chi connectivity index (χ2n) is 6.50. The Hall–Kier alpha value is -3.24. The molecule has 1 heterocycles. The Labute approximate surface area is 205 Å². The van der Waals surface area contributed by atoms with E-state index in [0.717, 1.165) is 11.1 Å². The van der Waals surface area contributed by atoms with Gasteiger partial charge in [0.25, 0.3) is 5.91 Å². The average Bonchev–Trinajstić information content (AvgIpc) is 3.30. The molecule has 1 aromatic heterocycles. The van der Waals surface area contributed by atoms with E-state index in [1.807, 2.05) is 17.5 Å². The first-order valence-electron chi connectivity index (χ1n) is 9.53.